The Hall–Kier alpha value is -0.810. The van der Waals surface area contributed by atoms with Crippen LogP contribution in [0.25, 0.3) is 0 Å². The van der Waals surface area contributed by atoms with E-state index in [0.717, 1.165) is 57.2 Å². The van der Waals surface area contributed by atoms with E-state index in [4.69, 9.17) is 9.73 Å². The zero-order valence-electron chi connectivity index (χ0n) is 15.6. The van der Waals surface area contributed by atoms with Gasteiger partial charge in [-0.2, -0.15) is 0 Å². The zero-order chi connectivity index (χ0) is 16.7. The third-order valence-electron chi connectivity index (χ3n) is 4.87. The van der Waals surface area contributed by atoms with E-state index in [1.165, 1.54) is 25.9 Å². The molecule has 0 saturated carbocycles. The molecule has 0 aromatic carbocycles. The molecular formula is C18H36N4O. The maximum absolute atomic E-state index is 5.48. The largest absolute Gasteiger partial charge is 0.381 e. The number of guanidine groups is 1. The standard InChI is InChI=1S/C18H36N4O/c1-5-19-18(21(4)13-17-6-9-23-14-17)20-7-8-22-11-15(2)10-16(3)12-22/h15-17H,5-14H2,1-4H3,(H,19,20). The summed E-state index contributed by atoms with van der Waals surface area (Å²) in [5.41, 5.74) is 0. The van der Waals surface area contributed by atoms with Crippen LogP contribution in [0.3, 0.4) is 0 Å². The highest BCUT2D eigenvalue weighted by molar-refractivity contribution is 5.79. The van der Waals surface area contributed by atoms with Gasteiger partial charge in [0.2, 0.25) is 0 Å². The van der Waals surface area contributed by atoms with Gasteiger partial charge in [-0.3, -0.25) is 4.99 Å². The zero-order valence-corrected chi connectivity index (χ0v) is 15.6. The summed E-state index contributed by atoms with van der Waals surface area (Å²) in [5.74, 6) is 3.33. The van der Waals surface area contributed by atoms with Crippen LogP contribution in [0.1, 0.15) is 33.6 Å². The second-order valence-electron chi connectivity index (χ2n) is 7.55. The summed E-state index contributed by atoms with van der Waals surface area (Å²) in [6, 6.07) is 0. The van der Waals surface area contributed by atoms with Crippen LogP contribution in [0.2, 0.25) is 0 Å². The Balaban J connectivity index is 1.80. The average Bonchev–Trinajstić information content (AvgIpc) is 2.98. The second kappa shape index (κ2) is 9.48. The number of nitrogens with zero attached hydrogens (tertiary/aromatic N) is 3. The molecule has 0 aliphatic carbocycles. The summed E-state index contributed by atoms with van der Waals surface area (Å²) in [5, 5.41) is 3.43. The van der Waals surface area contributed by atoms with Crippen LogP contribution in [0.15, 0.2) is 4.99 Å². The van der Waals surface area contributed by atoms with E-state index in [1.54, 1.807) is 0 Å². The van der Waals surface area contributed by atoms with Crippen LogP contribution in [-0.4, -0.2) is 75.3 Å². The van der Waals surface area contributed by atoms with E-state index in [9.17, 15) is 0 Å². The third-order valence-corrected chi connectivity index (χ3v) is 4.87. The molecule has 2 heterocycles. The van der Waals surface area contributed by atoms with E-state index in [2.05, 4.69) is 42.9 Å². The molecule has 3 unspecified atom stereocenters. The lowest BCUT2D eigenvalue weighted by atomic mass is 9.92. The molecule has 5 nitrogen and oxygen atoms in total. The van der Waals surface area contributed by atoms with Gasteiger partial charge in [0.25, 0.3) is 0 Å². The van der Waals surface area contributed by atoms with Crippen molar-refractivity contribution in [2.24, 2.45) is 22.7 Å². The fourth-order valence-corrected chi connectivity index (χ4v) is 3.94. The van der Waals surface area contributed by atoms with Crippen LogP contribution in [0, 0.1) is 17.8 Å². The molecule has 134 valence electrons. The molecule has 2 saturated heterocycles. The highest BCUT2D eigenvalue weighted by Gasteiger charge is 2.21. The van der Waals surface area contributed by atoms with Crippen LogP contribution >= 0.6 is 0 Å². The van der Waals surface area contributed by atoms with Crippen molar-refractivity contribution in [3.8, 4) is 0 Å². The van der Waals surface area contributed by atoms with Gasteiger partial charge in [-0.05, 0) is 31.6 Å². The van der Waals surface area contributed by atoms with Gasteiger partial charge in [-0.25, -0.2) is 0 Å². The van der Waals surface area contributed by atoms with Crippen LogP contribution < -0.4 is 5.32 Å². The van der Waals surface area contributed by atoms with Crippen molar-refractivity contribution in [2.75, 3.05) is 59.5 Å². The van der Waals surface area contributed by atoms with E-state index in [1.807, 2.05) is 0 Å². The van der Waals surface area contributed by atoms with Gasteiger partial charge >= 0.3 is 0 Å². The first-order valence-corrected chi connectivity index (χ1v) is 9.38. The Morgan fingerprint density at radius 2 is 2.04 bits per heavy atom. The molecule has 0 spiro atoms. The molecule has 2 aliphatic rings. The normalized spacial score (nSPS) is 29.7. The highest BCUT2D eigenvalue weighted by Crippen LogP contribution is 2.20. The van der Waals surface area contributed by atoms with E-state index < -0.39 is 0 Å². The minimum Gasteiger partial charge on any atom is -0.381 e. The molecule has 0 aromatic heterocycles. The van der Waals surface area contributed by atoms with Gasteiger partial charge in [0.15, 0.2) is 5.96 Å². The Kier molecular flexibility index (Phi) is 7.63. The predicted molar refractivity (Wildman–Crippen MR) is 96.9 cm³/mol. The Morgan fingerprint density at radius 3 is 2.65 bits per heavy atom. The lowest BCUT2D eigenvalue weighted by Gasteiger charge is -2.34. The quantitative estimate of drug-likeness (QED) is 0.598. The van der Waals surface area contributed by atoms with Crippen molar-refractivity contribution < 1.29 is 4.74 Å². The van der Waals surface area contributed by atoms with Crippen molar-refractivity contribution in [1.29, 1.82) is 0 Å². The molecule has 0 aromatic rings. The van der Waals surface area contributed by atoms with Crippen molar-refractivity contribution in [3.63, 3.8) is 0 Å². The maximum Gasteiger partial charge on any atom is 0.193 e. The topological polar surface area (TPSA) is 40.1 Å². The van der Waals surface area contributed by atoms with Crippen molar-refractivity contribution in [1.82, 2.24) is 15.1 Å². The Morgan fingerprint density at radius 1 is 1.30 bits per heavy atom. The Labute approximate surface area is 142 Å². The van der Waals surface area contributed by atoms with E-state index in [-0.39, 0.29) is 0 Å². The van der Waals surface area contributed by atoms with Crippen LogP contribution in [0.5, 0.6) is 0 Å². The first kappa shape index (κ1) is 18.5. The van der Waals surface area contributed by atoms with Crippen molar-refractivity contribution in [2.45, 2.75) is 33.6 Å². The summed E-state index contributed by atoms with van der Waals surface area (Å²) >= 11 is 0. The SMILES string of the molecule is CCNC(=NCCN1CC(C)CC(C)C1)N(C)CC1CCOC1. The fraction of sp³-hybridized carbons (Fsp3) is 0.944. The summed E-state index contributed by atoms with van der Waals surface area (Å²) in [7, 11) is 2.14. The lowest BCUT2D eigenvalue weighted by molar-refractivity contribution is 0.145. The predicted octanol–water partition coefficient (Wildman–Crippen LogP) is 1.90. The minimum atomic E-state index is 0.646. The van der Waals surface area contributed by atoms with Gasteiger partial charge < -0.3 is 19.9 Å². The number of hydrogen-bond donors (Lipinski definition) is 1. The number of piperidine rings is 1. The first-order chi connectivity index (χ1) is 11.1. The average molecular weight is 325 g/mol. The number of likely N-dealkylation sites (tertiary alicyclic amines) is 1. The van der Waals surface area contributed by atoms with Crippen molar-refractivity contribution >= 4 is 5.96 Å². The number of rotatable bonds is 6. The van der Waals surface area contributed by atoms with Gasteiger partial charge in [-0.1, -0.05) is 13.8 Å². The molecule has 1 N–H and O–H groups in total. The molecule has 0 amide bonds. The van der Waals surface area contributed by atoms with Crippen molar-refractivity contribution in [3.05, 3.63) is 0 Å². The number of nitrogens with one attached hydrogen (secondary N) is 1. The minimum absolute atomic E-state index is 0.646. The molecule has 2 rings (SSSR count). The van der Waals surface area contributed by atoms with Gasteiger partial charge in [-0.15, -0.1) is 0 Å². The maximum atomic E-state index is 5.48. The van der Waals surface area contributed by atoms with Crippen LogP contribution in [-0.2, 0) is 4.74 Å². The Bertz CT molecular complexity index is 358. The molecule has 2 fully saturated rings. The van der Waals surface area contributed by atoms with Gasteiger partial charge in [0, 0.05) is 52.3 Å². The number of ether oxygens (including phenoxy) is 1. The van der Waals surface area contributed by atoms with Gasteiger partial charge in [0.1, 0.15) is 0 Å². The highest BCUT2D eigenvalue weighted by atomic mass is 16.5. The summed E-state index contributed by atoms with van der Waals surface area (Å²) in [6.45, 7) is 15.0. The number of aliphatic imine (C=N–C) groups is 1. The molecule has 23 heavy (non-hydrogen) atoms. The number of hydrogen-bond acceptors (Lipinski definition) is 3. The molecule has 0 bridgehead atoms. The molecular weight excluding hydrogens is 288 g/mol. The van der Waals surface area contributed by atoms with E-state index in [0.29, 0.717) is 5.92 Å². The monoisotopic (exact) mass is 324 g/mol. The first-order valence-electron chi connectivity index (χ1n) is 9.38. The fourth-order valence-electron chi connectivity index (χ4n) is 3.94. The molecule has 0 radical (unpaired) electrons. The van der Waals surface area contributed by atoms with Gasteiger partial charge in [0.05, 0.1) is 13.2 Å². The summed E-state index contributed by atoms with van der Waals surface area (Å²) in [6.07, 6.45) is 2.54. The molecule has 5 heteroatoms. The second-order valence-corrected chi connectivity index (χ2v) is 7.55. The van der Waals surface area contributed by atoms with E-state index >= 15 is 0 Å². The molecule has 3 atom stereocenters. The summed E-state index contributed by atoms with van der Waals surface area (Å²) < 4.78 is 5.48. The molecule has 2 aliphatic heterocycles. The third kappa shape index (κ3) is 6.30. The summed E-state index contributed by atoms with van der Waals surface area (Å²) in [4.78, 5) is 9.70. The van der Waals surface area contributed by atoms with Crippen LogP contribution in [0.4, 0.5) is 0 Å². The lowest BCUT2D eigenvalue weighted by Crippen LogP contribution is -2.43. The smallest absolute Gasteiger partial charge is 0.193 e.